The second-order valence-electron chi connectivity index (χ2n) is 16.5. The fourth-order valence-electron chi connectivity index (χ4n) is 9.06. The zero-order valence-corrected chi connectivity index (χ0v) is 32.6. The molecule has 14 heteroatoms. The topological polar surface area (TPSA) is 160 Å². The third kappa shape index (κ3) is 7.35. The average Bonchev–Trinajstić information content (AvgIpc) is 3.72. The van der Waals surface area contributed by atoms with E-state index in [1.807, 2.05) is 24.3 Å². The number of aryl methyl sites for hydroxylation is 1. The van der Waals surface area contributed by atoms with Gasteiger partial charge < -0.3 is 20.2 Å². The van der Waals surface area contributed by atoms with E-state index in [0.717, 1.165) is 80.3 Å². The van der Waals surface area contributed by atoms with Crippen LogP contribution in [0.5, 0.6) is 0 Å². The van der Waals surface area contributed by atoms with Crippen LogP contribution in [0.1, 0.15) is 93.3 Å². The molecule has 2 aliphatic heterocycles. The highest BCUT2D eigenvalue weighted by atomic mass is 16.3. The number of hydrogen-bond donors (Lipinski definition) is 3. The van der Waals surface area contributed by atoms with E-state index >= 15 is 0 Å². The van der Waals surface area contributed by atoms with E-state index in [2.05, 4.69) is 49.4 Å². The predicted molar refractivity (Wildman–Crippen MR) is 215 cm³/mol. The first kappa shape index (κ1) is 37.6. The van der Waals surface area contributed by atoms with E-state index in [1.54, 1.807) is 49.9 Å². The van der Waals surface area contributed by atoms with Crippen molar-refractivity contribution in [2.45, 2.75) is 88.9 Å². The Morgan fingerprint density at radius 3 is 2.45 bits per heavy atom. The lowest BCUT2D eigenvalue weighted by Gasteiger charge is -2.40. The lowest BCUT2D eigenvalue weighted by molar-refractivity contribution is -0.135. The summed E-state index contributed by atoms with van der Waals surface area (Å²) in [4.78, 5) is 59.6. The van der Waals surface area contributed by atoms with Gasteiger partial charge in [0.25, 0.3) is 5.91 Å². The molecule has 14 nitrogen and oxygen atoms in total. The van der Waals surface area contributed by atoms with Crippen molar-refractivity contribution < 1.29 is 19.5 Å². The van der Waals surface area contributed by atoms with Crippen LogP contribution in [0.2, 0.25) is 0 Å². The van der Waals surface area contributed by atoms with Gasteiger partial charge in [0.15, 0.2) is 0 Å². The second-order valence-corrected chi connectivity index (χ2v) is 16.5. The molecule has 1 unspecified atom stereocenters. The summed E-state index contributed by atoms with van der Waals surface area (Å²) in [6, 6.07) is 15.1. The number of aromatic nitrogens is 5. The molecule has 0 bridgehead atoms. The number of pyridine rings is 1. The Morgan fingerprint density at radius 1 is 0.982 bits per heavy atom. The molecule has 5 aromatic rings. The third-order valence-electron chi connectivity index (χ3n) is 12.3. The quantitative estimate of drug-likeness (QED) is 0.178. The van der Waals surface area contributed by atoms with Gasteiger partial charge in [-0.05, 0) is 114 Å². The van der Waals surface area contributed by atoms with Crippen molar-refractivity contribution in [1.29, 1.82) is 0 Å². The van der Waals surface area contributed by atoms with Crippen molar-refractivity contribution in [3.05, 3.63) is 82.7 Å². The van der Waals surface area contributed by atoms with Gasteiger partial charge in [-0.1, -0.05) is 6.07 Å². The van der Waals surface area contributed by atoms with Crippen molar-refractivity contribution in [2.24, 2.45) is 13.0 Å². The molecule has 56 heavy (non-hydrogen) atoms. The minimum atomic E-state index is -1.19. The molecule has 294 valence electrons. The molecule has 1 saturated carbocycles. The lowest BCUT2D eigenvalue weighted by atomic mass is 9.85. The van der Waals surface area contributed by atoms with Gasteiger partial charge in [-0.15, -0.1) is 0 Å². The van der Waals surface area contributed by atoms with Crippen molar-refractivity contribution in [2.75, 3.05) is 36.9 Å². The van der Waals surface area contributed by atoms with Gasteiger partial charge in [0.1, 0.15) is 11.7 Å². The van der Waals surface area contributed by atoms with Crippen LogP contribution in [0.15, 0.2) is 65.7 Å². The SMILES string of the molecule is CN(CC1CCC(n2cc3cc(NC(=O)c4ccccn4)c(C(C)(C)O)cc3n2)CC1)C1CCN(c2ccc3c(c2)n(C)c(=O)n3C2CCC(=O)NC2=O)CC1. The number of amides is 3. The number of anilines is 2. The predicted octanol–water partition coefficient (Wildman–Crippen LogP) is 4.87. The molecule has 8 rings (SSSR count). The highest BCUT2D eigenvalue weighted by Crippen LogP contribution is 2.37. The van der Waals surface area contributed by atoms with Gasteiger partial charge in [0, 0.05) is 73.9 Å². The number of carbonyl (C=O) groups excluding carboxylic acids is 3. The number of fused-ring (bicyclic) bond motifs is 2. The maximum absolute atomic E-state index is 13.2. The highest BCUT2D eigenvalue weighted by Gasteiger charge is 2.33. The highest BCUT2D eigenvalue weighted by molar-refractivity contribution is 6.04. The summed E-state index contributed by atoms with van der Waals surface area (Å²) in [7, 11) is 4.00. The first-order valence-electron chi connectivity index (χ1n) is 19.8. The third-order valence-corrected chi connectivity index (χ3v) is 12.3. The van der Waals surface area contributed by atoms with Crippen LogP contribution in [-0.4, -0.2) is 84.4 Å². The summed E-state index contributed by atoms with van der Waals surface area (Å²) in [5, 5.41) is 22.2. The van der Waals surface area contributed by atoms with Gasteiger partial charge >= 0.3 is 5.69 Å². The first-order valence-corrected chi connectivity index (χ1v) is 19.8. The van der Waals surface area contributed by atoms with Crippen LogP contribution < -0.4 is 21.2 Å². The zero-order valence-electron chi connectivity index (χ0n) is 32.6. The number of piperidine rings is 2. The second kappa shape index (κ2) is 15.0. The van der Waals surface area contributed by atoms with Gasteiger partial charge in [0.2, 0.25) is 11.8 Å². The monoisotopic (exact) mass is 761 g/mol. The standard InChI is InChI=1S/C42H51N9O5/c1-42(2,56)31-23-33-27(21-34(31)44-39(53)32-7-5-6-18-43-32)25-50(46-33)29-10-8-26(9-11-29)24-47(3)28-16-19-49(20-17-28)30-12-13-35-37(22-30)48(4)41(55)51(35)36-14-15-38(52)45-40(36)54/h5-7,12-13,18,21-23,25-26,28-29,36,56H,8-11,14-17,19-20,24H2,1-4H3,(H,44,53)(H,45,52,54). The Morgan fingerprint density at radius 2 is 1.75 bits per heavy atom. The van der Waals surface area contributed by atoms with Crippen LogP contribution in [0.3, 0.4) is 0 Å². The maximum Gasteiger partial charge on any atom is 0.329 e. The average molecular weight is 762 g/mol. The summed E-state index contributed by atoms with van der Waals surface area (Å²) < 4.78 is 5.21. The number of aliphatic hydroxyl groups is 1. The molecule has 5 heterocycles. The van der Waals surface area contributed by atoms with Crippen LogP contribution in [0, 0.1) is 5.92 Å². The number of benzene rings is 2. The molecular formula is C42H51N9O5. The van der Waals surface area contributed by atoms with Crippen molar-refractivity contribution in [3.63, 3.8) is 0 Å². The maximum atomic E-state index is 13.2. The van der Waals surface area contributed by atoms with Crippen LogP contribution in [-0.2, 0) is 22.2 Å². The van der Waals surface area contributed by atoms with E-state index in [9.17, 15) is 24.3 Å². The van der Waals surface area contributed by atoms with E-state index in [1.165, 1.54) is 4.57 Å². The molecule has 2 aromatic carbocycles. The van der Waals surface area contributed by atoms with E-state index in [4.69, 9.17) is 5.10 Å². The summed E-state index contributed by atoms with van der Waals surface area (Å²) in [5.41, 5.74) is 3.37. The molecule has 1 atom stereocenters. The summed E-state index contributed by atoms with van der Waals surface area (Å²) in [5.74, 6) is -0.432. The van der Waals surface area contributed by atoms with Gasteiger partial charge in [-0.2, -0.15) is 5.10 Å². The molecule has 0 radical (unpaired) electrons. The molecule has 0 spiro atoms. The minimum absolute atomic E-state index is 0.219. The van der Waals surface area contributed by atoms with Gasteiger partial charge in [-0.3, -0.25) is 38.5 Å². The fraction of sp³-hybridized carbons (Fsp3) is 0.476. The summed E-state index contributed by atoms with van der Waals surface area (Å²) >= 11 is 0. The summed E-state index contributed by atoms with van der Waals surface area (Å²) in [6.07, 6.45) is 10.6. The summed E-state index contributed by atoms with van der Waals surface area (Å²) in [6.45, 7) is 6.33. The number of imidazole rings is 1. The van der Waals surface area contributed by atoms with Gasteiger partial charge in [0.05, 0.1) is 28.2 Å². The van der Waals surface area contributed by atoms with E-state index in [0.29, 0.717) is 46.9 Å². The molecule has 3 amide bonds. The normalized spacial score (nSPS) is 21.2. The fourth-order valence-corrected chi connectivity index (χ4v) is 9.06. The largest absolute Gasteiger partial charge is 0.386 e. The molecule has 2 saturated heterocycles. The van der Waals surface area contributed by atoms with Crippen LogP contribution >= 0.6 is 0 Å². The van der Waals surface area contributed by atoms with E-state index < -0.39 is 17.6 Å². The number of hydrogen-bond acceptors (Lipinski definition) is 9. The lowest BCUT2D eigenvalue weighted by Crippen LogP contribution is -2.45. The Hall–Kier alpha value is -5.34. The first-order chi connectivity index (χ1) is 26.8. The van der Waals surface area contributed by atoms with Crippen LogP contribution in [0.25, 0.3) is 21.9 Å². The molecule has 3 aliphatic rings. The number of carbonyl (C=O) groups is 3. The number of nitrogens with one attached hydrogen (secondary N) is 2. The Balaban J connectivity index is 0.863. The zero-order chi connectivity index (χ0) is 39.3. The molecule has 3 N–H and O–H groups in total. The van der Waals surface area contributed by atoms with Crippen LogP contribution in [0.4, 0.5) is 11.4 Å². The molecular weight excluding hydrogens is 711 g/mol. The number of nitrogens with zero attached hydrogens (tertiary/aromatic N) is 7. The van der Waals surface area contributed by atoms with Crippen molar-refractivity contribution >= 4 is 51.0 Å². The molecule has 3 aromatic heterocycles. The Labute approximate surface area is 325 Å². The molecule has 3 fully saturated rings. The van der Waals surface area contributed by atoms with Crippen molar-refractivity contribution in [1.82, 2.24) is 34.1 Å². The minimum Gasteiger partial charge on any atom is -0.386 e. The Kier molecular flexibility index (Phi) is 10.0. The molecule has 1 aliphatic carbocycles. The number of rotatable bonds is 9. The Bertz CT molecular complexity index is 2340. The van der Waals surface area contributed by atoms with Gasteiger partial charge in [-0.25, -0.2) is 4.79 Å². The van der Waals surface area contributed by atoms with Crippen molar-refractivity contribution in [3.8, 4) is 0 Å². The number of imide groups is 1. The van der Waals surface area contributed by atoms with E-state index in [-0.39, 0.29) is 23.9 Å². The smallest absolute Gasteiger partial charge is 0.329 e.